The van der Waals surface area contributed by atoms with Crippen molar-refractivity contribution in [2.45, 2.75) is 50.8 Å². The van der Waals surface area contributed by atoms with Gasteiger partial charge >= 0.3 is 0 Å². The van der Waals surface area contributed by atoms with Crippen molar-refractivity contribution in [3.63, 3.8) is 0 Å². The average Bonchev–Trinajstić information content (AvgIpc) is 3.07. The molecule has 6 aliphatic carbocycles. The number of Topliss-reactive ketones (excluding diaryl/α,β-unsaturated/α-hetero) is 2. The molecular weight excluding hydrogens is 340 g/mol. The van der Waals surface area contributed by atoms with Gasteiger partial charge < -0.3 is 0 Å². The van der Waals surface area contributed by atoms with Crippen molar-refractivity contribution in [2.75, 3.05) is 0 Å². The number of carbonyl (C=O) groups is 2. The van der Waals surface area contributed by atoms with Crippen molar-refractivity contribution in [3.05, 3.63) is 12.2 Å². The van der Waals surface area contributed by atoms with Crippen LogP contribution in [0.3, 0.4) is 0 Å². The monoisotopic (exact) mass is 362 g/mol. The zero-order valence-corrected chi connectivity index (χ0v) is 14.9. The molecule has 6 saturated carbocycles. The Hall–Kier alpha value is -0.440. The van der Waals surface area contributed by atoms with E-state index in [9.17, 15) is 9.59 Å². The summed E-state index contributed by atoms with van der Waals surface area (Å²) in [6, 6.07) is 0. The van der Waals surface area contributed by atoms with E-state index in [0.717, 1.165) is 32.1 Å². The summed E-state index contributed by atoms with van der Waals surface area (Å²) in [5.74, 6) is 1.82. The van der Waals surface area contributed by atoms with E-state index in [-0.39, 0.29) is 22.7 Å². The van der Waals surface area contributed by atoms with Crippen LogP contribution in [0.1, 0.15) is 46.0 Å². The van der Waals surface area contributed by atoms with Gasteiger partial charge in [-0.25, -0.2) is 0 Å². The van der Waals surface area contributed by atoms with Crippen molar-refractivity contribution < 1.29 is 9.59 Å². The van der Waals surface area contributed by atoms with Crippen molar-refractivity contribution >= 4 is 27.5 Å². The number of carbonyl (C=O) groups excluding carboxylic acids is 2. The van der Waals surface area contributed by atoms with Crippen LogP contribution in [0, 0.1) is 39.9 Å². The van der Waals surface area contributed by atoms with E-state index in [0.29, 0.717) is 28.2 Å². The SMILES string of the molecule is C=C1[C@H]2CC[C@@]34C(=O)C5[C@H](C[C@H]3[C@]2(C)CC[C@@H]1Br)[C@@]5(C)C4=O. The third-order valence-electron chi connectivity index (χ3n) is 8.62. The Morgan fingerprint density at radius 1 is 1.18 bits per heavy atom. The summed E-state index contributed by atoms with van der Waals surface area (Å²) in [7, 11) is 0. The zero-order chi connectivity index (χ0) is 15.7. The second kappa shape index (κ2) is 3.63. The Kier molecular flexibility index (Phi) is 2.30. The van der Waals surface area contributed by atoms with Gasteiger partial charge in [0.1, 0.15) is 0 Å². The predicted octanol–water partition coefficient (Wildman–Crippen LogP) is 3.93. The quantitative estimate of drug-likeness (QED) is 0.371. The van der Waals surface area contributed by atoms with Crippen molar-refractivity contribution in [1.29, 1.82) is 0 Å². The molecular formula is C19H23BrO2. The molecule has 0 aliphatic heterocycles. The molecule has 6 aliphatic rings. The minimum absolute atomic E-state index is 0.0760. The smallest absolute Gasteiger partial charge is 0.153 e. The zero-order valence-electron chi connectivity index (χ0n) is 13.3. The Bertz CT molecular complexity index is 654. The van der Waals surface area contributed by atoms with E-state index in [4.69, 9.17) is 0 Å². The molecule has 6 rings (SSSR count). The maximum Gasteiger partial charge on any atom is 0.153 e. The van der Waals surface area contributed by atoms with E-state index >= 15 is 0 Å². The molecule has 0 N–H and O–H groups in total. The van der Waals surface area contributed by atoms with Crippen LogP contribution >= 0.6 is 15.9 Å². The molecule has 2 nitrogen and oxygen atoms in total. The second-order valence-corrected chi connectivity index (χ2v) is 10.1. The summed E-state index contributed by atoms with van der Waals surface area (Å²) in [5, 5.41) is 0. The largest absolute Gasteiger partial charge is 0.298 e. The number of fused-ring (bicyclic) bond motifs is 1. The molecule has 1 unspecified atom stereocenters. The first-order chi connectivity index (χ1) is 10.3. The first kappa shape index (κ1) is 13.9. The second-order valence-electron chi connectivity index (χ2n) is 9.00. The molecule has 3 heteroatoms. The van der Waals surface area contributed by atoms with E-state index in [1.165, 1.54) is 5.57 Å². The fourth-order valence-corrected chi connectivity index (χ4v) is 7.94. The highest BCUT2D eigenvalue weighted by Crippen LogP contribution is 2.81. The van der Waals surface area contributed by atoms with Crippen LogP contribution in [0.2, 0.25) is 0 Å². The van der Waals surface area contributed by atoms with Crippen molar-refractivity contribution in [3.8, 4) is 0 Å². The van der Waals surface area contributed by atoms with Crippen LogP contribution in [0.4, 0.5) is 0 Å². The number of allylic oxidation sites excluding steroid dienone is 1. The lowest BCUT2D eigenvalue weighted by molar-refractivity contribution is -0.166. The van der Waals surface area contributed by atoms with Gasteiger partial charge in [-0.1, -0.05) is 41.9 Å². The Labute approximate surface area is 140 Å². The van der Waals surface area contributed by atoms with Gasteiger partial charge in [-0.2, -0.15) is 0 Å². The molecule has 1 spiro atoms. The lowest BCUT2D eigenvalue weighted by atomic mass is 9.42. The molecule has 0 aromatic heterocycles. The van der Waals surface area contributed by atoms with Crippen LogP contribution in [-0.2, 0) is 9.59 Å². The van der Waals surface area contributed by atoms with Crippen molar-refractivity contribution in [2.24, 2.45) is 39.9 Å². The predicted molar refractivity (Wildman–Crippen MR) is 87.6 cm³/mol. The topological polar surface area (TPSA) is 34.1 Å². The molecule has 0 aromatic carbocycles. The molecule has 0 saturated heterocycles. The van der Waals surface area contributed by atoms with Crippen LogP contribution < -0.4 is 0 Å². The molecule has 22 heavy (non-hydrogen) atoms. The van der Waals surface area contributed by atoms with Gasteiger partial charge in [-0.3, -0.25) is 9.59 Å². The molecule has 6 fully saturated rings. The van der Waals surface area contributed by atoms with E-state index in [2.05, 4.69) is 36.4 Å². The van der Waals surface area contributed by atoms with Gasteiger partial charge in [0.25, 0.3) is 0 Å². The summed E-state index contributed by atoms with van der Waals surface area (Å²) in [5.41, 5.74) is 0.516. The van der Waals surface area contributed by atoms with Crippen LogP contribution in [0.25, 0.3) is 0 Å². The fraction of sp³-hybridized carbons (Fsp3) is 0.789. The van der Waals surface area contributed by atoms with Gasteiger partial charge in [-0.15, -0.1) is 0 Å². The van der Waals surface area contributed by atoms with Gasteiger partial charge in [-0.05, 0) is 55.3 Å². The first-order valence-corrected chi connectivity index (χ1v) is 9.63. The highest BCUT2D eigenvalue weighted by atomic mass is 79.9. The third kappa shape index (κ3) is 1.12. The van der Waals surface area contributed by atoms with E-state index in [1.54, 1.807) is 0 Å². The number of alkyl halides is 1. The minimum Gasteiger partial charge on any atom is -0.298 e. The summed E-state index contributed by atoms with van der Waals surface area (Å²) >= 11 is 3.77. The number of hydrogen-bond acceptors (Lipinski definition) is 2. The standard InChI is InChI=1S/C19H23BrO2/c1-9-10-4-7-19-13(17(10,2)6-5-12(9)20)8-11-14(15(19)21)18(11,3)16(19)22/h10-14H,1,4-8H2,2-3H3/t10-,11+,12+,13+,14?,17-,18-,19+/m1/s1. The number of ketones is 2. The van der Waals surface area contributed by atoms with Crippen LogP contribution in [0.5, 0.6) is 0 Å². The average molecular weight is 363 g/mol. The van der Waals surface area contributed by atoms with Gasteiger partial charge in [0.2, 0.25) is 0 Å². The molecule has 4 bridgehead atoms. The summed E-state index contributed by atoms with van der Waals surface area (Å²) in [4.78, 5) is 26.7. The number of halogens is 1. The summed E-state index contributed by atoms with van der Waals surface area (Å²) in [6.07, 6.45) is 5.07. The lowest BCUT2D eigenvalue weighted by Crippen LogP contribution is -2.61. The van der Waals surface area contributed by atoms with Gasteiger partial charge in [0.15, 0.2) is 11.6 Å². The van der Waals surface area contributed by atoms with Crippen LogP contribution in [-0.4, -0.2) is 16.4 Å². The van der Waals surface area contributed by atoms with Gasteiger partial charge in [0, 0.05) is 16.2 Å². The molecule has 0 aromatic rings. The maximum atomic E-state index is 13.2. The highest BCUT2D eigenvalue weighted by Gasteiger charge is 2.87. The van der Waals surface area contributed by atoms with E-state index < -0.39 is 5.41 Å². The summed E-state index contributed by atoms with van der Waals surface area (Å²) in [6.45, 7) is 8.78. The van der Waals surface area contributed by atoms with Crippen LogP contribution in [0.15, 0.2) is 12.2 Å². The number of hydrogen-bond donors (Lipinski definition) is 0. The van der Waals surface area contributed by atoms with Crippen molar-refractivity contribution in [1.82, 2.24) is 0 Å². The fourth-order valence-electron chi connectivity index (χ4n) is 7.39. The molecule has 0 radical (unpaired) electrons. The Morgan fingerprint density at radius 3 is 2.55 bits per heavy atom. The summed E-state index contributed by atoms with van der Waals surface area (Å²) < 4.78 is 0. The third-order valence-corrected chi connectivity index (χ3v) is 9.66. The normalized spacial score (nSPS) is 61.8. The Balaban J connectivity index is 1.64. The molecule has 0 heterocycles. The first-order valence-electron chi connectivity index (χ1n) is 8.71. The number of rotatable bonds is 0. The van der Waals surface area contributed by atoms with E-state index in [1.807, 2.05) is 0 Å². The molecule has 118 valence electrons. The lowest BCUT2D eigenvalue weighted by Gasteiger charge is -2.61. The Morgan fingerprint density at radius 2 is 1.91 bits per heavy atom. The minimum atomic E-state index is -0.612. The molecule has 0 amide bonds. The molecule has 8 atom stereocenters. The highest BCUT2D eigenvalue weighted by molar-refractivity contribution is 9.09. The maximum absolute atomic E-state index is 13.2. The van der Waals surface area contributed by atoms with Gasteiger partial charge in [0.05, 0.1) is 5.41 Å².